The summed E-state index contributed by atoms with van der Waals surface area (Å²) in [5.41, 5.74) is 0.0387. The van der Waals surface area contributed by atoms with Crippen molar-refractivity contribution in [2.24, 2.45) is 5.92 Å². The standard InChI is InChI=1S/C23H29F4N5O2S/c1-35(33,34)31-11-8-17(9-12-31)14-28-21-20(24)22(30-15-29-21)32(19-6-7-19)13-10-16-2-4-18(5-3-16)23(25,26)27/h2-5,15,17,19H,6-14H2,1H3,(H,28,29,30). The molecule has 192 valence electrons. The fraction of sp³-hybridized carbons (Fsp3) is 0.565. The third-order valence-corrected chi connectivity index (χ3v) is 7.86. The van der Waals surface area contributed by atoms with Gasteiger partial charge in [-0.05, 0) is 55.7 Å². The average Bonchev–Trinajstić information content (AvgIpc) is 3.64. The Morgan fingerprint density at radius 1 is 1.09 bits per heavy atom. The highest BCUT2D eigenvalue weighted by Crippen LogP contribution is 2.34. The molecule has 1 aliphatic carbocycles. The van der Waals surface area contributed by atoms with E-state index in [0.29, 0.717) is 45.4 Å². The topological polar surface area (TPSA) is 78.4 Å². The summed E-state index contributed by atoms with van der Waals surface area (Å²) in [5.74, 6) is -0.0741. The van der Waals surface area contributed by atoms with Crippen LogP contribution in [0.15, 0.2) is 30.6 Å². The number of hydrogen-bond donors (Lipinski definition) is 1. The Morgan fingerprint density at radius 2 is 1.74 bits per heavy atom. The molecule has 7 nitrogen and oxygen atoms in total. The van der Waals surface area contributed by atoms with Crippen molar-refractivity contribution < 1.29 is 26.0 Å². The monoisotopic (exact) mass is 515 g/mol. The van der Waals surface area contributed by atoms with Gasteiger partial charge >= 0.3 is 6.18 Å². The number of nitrogens with one attached hydrogen (secondary N) is 1. The predicted octanol–water partition coefficient (Wildman–Crippen LogP) is 3.93. The van der Waals surface area contributed by atoms with E-state index in [9.17, 15) is 21.6 Å². The third-order valence-electron chi connectivity index (χ3n) is 6.55. The molecule has 1 aromatic carbocycles. The lowest BCUT2D eigenvalue weighted by Crippen LogP contribution is -2.39. The van der Waals surface area contributed by atoms with Crippen LogP contribution in [0.3, 0.4) is 0 Å². The van der Waals surface area contributed by atoms with E-state index in [-0.39, 0.29) is 23.6 Å². The second kappa shape index (κ2) is 10.3. The molecule has 0 radical (unpaired) electrons. The maximum atomic E-state index is 15.4. The Bertz CT molecular complexity index is 1120. The van der Waals surface area contributed by atoms with Crippen molar-refractivity contribution >= 4 is 21.7 Å². The Kier molecular flexibility index (Phi) is 7.51. The van der Waals surface area contributed by atoms with Gasteiger partial charge in [0.05, 0.1) is 11.8 Å². The van der Waals surface area contributed by atoms with Crippen molar-refractivity contribution in [2.45, 2.75) is 44.3 Å². The minimum absolute atomic E-state index is 0.0979. The summed E-state index contributed by atoms with van der Waals surface area (Å²) in [4.78, 5) is 10.1. The summed E-state index contributed by atoms with van der Waals surface area (Å²) >= 11 is 0. The minimum Gasteiger partial charge on any atom is -0.367 e. The van der Waals surface area contributed by atoms with E-state index >= 15 is 4.39 Å². The SMILES string of the molecule is CS(=O)(=O)N1CCC(CNc2ncnc(N(CCc3ccc(C(F)(F)F)cc3)C3CC3)c2F)CC1. The Hall–Kier alpha value is -2.47. The second-order valence-corrected chi connectivity index (χ2v) is 11.2. The van der Waals surface area contributed by atoms with Crippen molar-refractivity contribution in [1.29, 1.82) is 0 Å². The van der Waals surface area contributed by atoms with E-state index < -0.39 is 27.6 Å². The molecule has 12 heteroatoms. The zero-order valence-corrected chi connectivity index (χ0v) is 20.2. The summed E-state index contributed by atoms with van der Waals surface area (Å²) in [6.07, 6.45) is 1.75. The molecule has 1 N–H and O–H groups in total. The van der Waals surface area contributed by atoms with Crippen LogP contribution in [0.25, 0.3) is 0 Å². The van der Waals surface area contributed by atoms with Crippen LogP contribution in [-0.4, -0.2) is 61.2 Å². The summed E-state index contributed by atoms with van der Waals surface area (Å²) in [6, 6.07) is 5.16. The van der Waals surface area contributed by atoms with Crippen LogP contribution < -0.4 is 10.2 Å². The van der Waals surface area contributed by atoms with Gasteiger partial charge in [0, 0.05) is 32.2 Å². The first-order valence-corrected chi connectivity index (χ1v) is 13.5. The zero-order chi connectivity index (χ0) is 25.2. The molecule has 35 heavy (non-hydrogen) atoms. The van der Waals surface area contributed by atoms with Crippen molar-refractivity contribution in [2.75, 3.05) is 42.7 Å². The van der Waals surface area contributed by atoms with Crippen LogP contribution in [0.5, 0.6) is 0 Å². The Balaban J connectivity index is 1.38. The lowest BCUT2D eigenvalue weighted by molar-refractivity contribution is -0.137. The van der Waals surface area contributed by atoms with E-state index in [1.165, 1.54) is 29.0 Å². The summed E-state index contributed by atoms with van der Waals surface area (Å²) < 4.78 is 78.6. The van der Waals surface area contributed by atoms with Crippen LogP contribution in [0.4, 0.5) is 29.2 Å². The number of hydrogen-bond acceptors (Lipinski definition) is 6. The van der Waals surface area contributed by atoms with E-state index in [1.54, 1.807) is 0 Å². The van der Waals surface area contributed by atoms with Crippen molar-refractivity contribution in [3.8, 4) is 0 Å². The van der Waals surface area contributed by atoms with E-state index in [1.807, 2.05) is 4.90 Å². The first-order valence-electron chi connectivity index (χ1n) is 11.6. The number of sulfonamides is 1. The number of benzene rings is 1. The lowest BCUT2D eigenvalue weighted by Gasteiger charge is -2.30. The lowest BCUT2D eigenvalue weighted by atomic mass is 9.98. The van der Waals surface area contributed by atoms with Gasteiger partial charge in [-0.1, -0.05) is 12.1 Å². The van der Waals surface area contributed by atoms with Gasteiger partial charge in [0.1, 0.15) is 6.33 Å². The summed E-state index contributed by atoms with van der Waals surface area (Å²) in [7, 11) is -3.20. The van der Waals surface area contributed by atoms with Crippen LogP contribution in [-0.2, 0) is 22.6 Å². The molecule has 0 spiro atoms. The van der Waals surface area contributed by atoms with Gasteiger partial charge in [-0.2, -0.15) is 17.6 Å². The van der Waals surface area contributed by atoms with Gasteiger partial charge in [0.15, 0.2) is 11.6 Å². The van der Waals surface area contributed by atoms with Gasteiger partial charge in [-0.3, -0.25) is 0 Å². The molecule has 1 saturated carbocycles. The molecule has 2 aliphatic rings. The number of anilines is 2. The molecule has 4 rings (SSSR count). The molecule has 1 aliphatic heterocycles. The van der Waals surface area contributed by atoms with Crippen LogP contribution >= 0.6 is 0 Å². The van der Waals surface area contributed by atoms with Gasteiger partial charge in [0.25, 0.3) is 0 Å². The highest BCUT2D eigenvalue weighted by molar-refractivity contribution is 7.88. The third kappa shape index (κ3) is 6.60. The fourth-order valence-electron chi connectivity index (χ4n) is 4.33. The van der Waals surface area contributed by atoms with Gasteiger partial charge in [-0.25, -0.2) is 22.7 Å². The fourth-order valence-corrected chi connectivity index (χ4v) is 5.20. The Labute approximate surface area is 202 Å². The van der Waals surface area contributed by atoms with Crippen molar-refractivity contribution in [3.05, 3.63) is 47.5 Å². The second-order valence-electron chi connectivity index (χ2n) is 9.22. The number of rotatable bonds is 9. The molecular formula is C23H29F4N5O2S. The summed E-state index contributed by atoms with van der Waals surface area (Å²) in [5, 5.41) is 3.06. The number of alkyl halides is 3. The van der Waals surface area contributed by atoms with E-state index in [0.717, 1.165) is 30.5 Å². The molecule has 1 aromatic heterocycles. The molecular weight excluding hydrogens is 486 g/mol. The number of piperidine rings is 1. The van der Waals surface area contributed by atoms with Crippen molar-refractivity contribution in [1.82, 2.24) is 14.3 Å². The number of aromatic nitrogens is 2. The van der Waals surface area contributed by atoms with Crippen LogP contribution in [0, 0.1) is 11.7 Å². The molecule has 1 saturated heterocycles. The van der Waals surface area contributed by atoms with Gasteiger partial charge in [0.2, 0.25) is 15.8 Å². The molecule has 0 amide bonds. The predicted molar refractivity (Wildman–Crippen MR) is 125 cm³/mol. The number of nitrogens with zero attached hydrogens (tertiary/aromatic N) is 4. The zero-order valence-electron chi connectivity index (χ0n) is 19.4. The highest BCUT2D eigenvalue weighted by Gasteiger charge is 2.33. The van der Waals surface area contributed by atoms with Crippen LogP contribution in [0.2, 0.25) is 0 Å². The maximum absolute atomic E-state index is 15.4. The first kappa shape index (κ1) is 25.6. The summed E-state index contributed by atoms with van der Waals surface area (Å²) in [6.45, 7) is 1.79. The largest absolute Gasteiger partial charge is 0.416 e. The minimum atomic E-state index is -4.38. The molecule has 2 heterocycles. The van der Waals surface area contributed by atoms with E-state index in [2.05, 4.69) is 15.3 Å². The maximum Gasteiger partial charge on any atom is 0.416 e. The molecule has 2 aromatic rings. The van der Waals surface area contributed by atoms with Gasteiger partial charge < -0.3 is 10.2 Å². The Morgan fingerprint density at radius 3 is 2.31 bits per heavy atom. The average molecular weight is 516 g/mol. The van der Waals surface area contributed by atoms with Crippen LogP contribution in [0.1, 0.15) is 36.8 Å². The highest BCUT2D eigenvalue weighted by atomic mass is 32.2. The number of halogens is 4. The van der Waals surface area contributed by atoms with E-state index in [4.69, 9.17) is 0 Å². The normalized spacial score (nSPS) is 18.0. The van der Waals surface area contributed by atoms with Crippen molar-refractivity contribution in [3.63, 3.8) is 0 Å². The molecule has 0 bridgehead atoms. The molecule has 2 fully saturated rings. The molecule has 0 unspecified atom stereocenters. The quantitative estimate of drug-likeness (QED) is 0.510. The molecule has 0 atom stereocenters. The smallest absolute Gasteiger partial charge is 0.367 e. The first-order chi connectivity index (χ1) is 16.5. The van der Waals surface area contributed by atoms with Gasteiger partial charge in [-0.15, -0.1) is 0 Å².